The highest BCUT2D eigenvalue weighted by atomic mass is 32.2. The zero-order valence-electron chi connectivity index (χ0n) is 21.1. The number of hydrazone groups is 1. The van der Waals surface area contributed by atoms with E-state index in [0.29, 0.717) is 33.8 Å². The molecule has 2 aromatic carbocycles. The van der Waals surface area contributed by atoms with Crippen LogP contribution in [0.1, 0.15) is 55.6 Å². The van der Waals surface area contributed by atoms with Gasteiger partial charge in [0.05, 0.1) is 17.0 Å². The van der Waals surface area contributed by atoms with Crippen molar-refractivity contribution in [1.29, 1.82) is 0 Å². The first-order valence-corrected chi connectivity index (χ1v) is 15.1. The molecule has 1 amide bonds. The Bertz CT molecular complexity index is 1380. The largest absolute Gasteiger partial charge is 0.445 e. The second-order valence-electron chi connectivity index (χ2n) is 9.35. The SMILES string of the molecule is CS(=O)(=O)c1ccc([C@@H](CCC2CCCC2)C(=O)Nc2ncc(Oc3cccc(/C(N)=N/NN)c3)s2)cc1. The van der Waals surface area contributed by atoms with E-state index in [9.17, 15) is 13.2 Å². The highest BCUT2D eigenvalue weighted by molar-refractivity contribution is 7.90. The maximum Gasteiger partial charge on any atom is 0.233 e. The van der Waals surface area contributed by atoms with Crippen LogP contribution in [-0.4, -0.2) is 31.4 Å². The molecule has 1 aliphatic carbocycles. The number of amides is 1. The minimum atomic E-state index is -3.32. The quantitative estimate of drug-likeness (QED) is 0.119. The lowest BCUT2D eigenvalue weighted by molar-refractivity contribution is -0.117. The van der Waals surface area contributed by atoms with Crippen molar-refractivity contribution in [1.82, 2.24) is 10.5 Å². The zero-order valence-corrected chi connectivity index (χ0v) is 22.7. The monoisotopic (exact) mass is 556 g/mol. The van der Waals surface area contributed by atoms with E-state index in [1.165, 1.54) is 43.3 Å². The molecule has 0 aliphatic heterocycles. The van der Waals surface area contributed by atoms with Crippen molar-refractivity contribution in [3.8, 4) is 10.8 Å². The van der Waals surface area contributed by atoms with E-state index in [0.717, 1.165) is 12.0 Å². The fourth-order valence-corrected chi connectivity index (χ4v) is 5.95. The van der Waals surface area contributed by atoms with Crippen molar-refractivity contribution < 1.29 is 17.9 Å². The number of hydrazine groups is 1. The number of benzene rings is 2. The first-order chi connectivity index (χ1) is 18.2. The number of rotatable bonds is 11. The third-order valence-electron chi connectivity index (χ3n) is 6.61. The van der Waals surface area contributed by atoms with Crippen LogP contribution in [0.2, 0.25) is 0 Å². The lowest BCUT2D eigenvalue weighted by atomic mass is 9.89. The molecular weight excluding hydrogens is 524 g/mol. The minimum Gasteiger partial charge on any atom is -0.445 e. The van der Waals surface area contributed by atoms with E-state index in [1.54, 1.807) is 54.7 Å². The zero-order chi connectivity index (χ0) is 27.1. The van der Waals surface area contributed by atoms with Gasteiger partial charge in [-0.2, -0.15) is 0 Å². The summed E-state index contributed by atoms with van der Waals surface area (Å²) < 4.78 is 29.7. The average Bonchev–Trinajstić information content (AvgIpc) is 3.56. The Morgan fingerprint density at radius 1 is 1.21 bits per heavy atom. The minimum absolute atomic E-state index is 0.184. The molecule has 1 aliphatic rings. The lowest BCUT2D eigenvalue weighted by Gasteiger charge is -2.19. The Labute approximate surface area is 226 Å². The summed E-state index contributed by atoms with van der Waals surface area (Å²) >= 11 is 1.20. The fourth-order valence-electron chi connectivity index (χ4n) is 4.62. The molecular formula is C26H32N6O4S2. The Kier molecular flexibility index (Phi) is 8.97. The van der Waals surface area contributed by atoms with Gasteiger partial charge in [0, 0.05) is 11.8 Å². The predicted molar refractivity (Wildman–Crippen MR) is 149 cm³/mol. The summed E-state index contributed by atoms with van der Waals surface area (Å²) in [5.41, 5.74) is 9.43. The molecule has 0 unspecified atom stereocenters. The maximum atomic E-state index is 13.4. The second kappa shape index (κ2) is 12.4. The highest BCUT2D eigenvalue weighted by Crippen LogP contribution is 2.35. The maximum absolute atomic E-state index is 13.4. The molecule has 10 nitrogen and oxygen atoms in total. The van der Waals surface area contributed by atoms with Crippen molar-refractivity contribution in [2.24, 2.45) is 22.6 Å². The third-order valence-corrected chi connectivity index (χ3v) is 8.53. The number of amidine groups is 1. The van der Waals surface area contributed by atoms with E-state index >= 15 is 0 Å². The van der Waals surface area contributed by atoms with Gasteiger partial charge in [-0.15, -0.1) is 5.10 Å². The molecule has 38 heavy (non-hydrogen) atoms. The standard InChI is InChI=1S/C26H32N6O4S2/c1-38(34,35)21-12-10-18(11-13-21)22(14-9-17-5-2-3-6-17)25(33)30-26-29-16-23(37-26)36-20-8-4-7-19(15-20)24(27)31-32-28/h4,7-8,10-13,15-17,22,32H,2-3,5-6,9,14,28H2,1H3,(H2,27,31)(H,29,30,33)/t22-/m1/s1. The molecule has 1 aromatic heterocycles. The van der Waals surface area contributed by atoms with Crippen molar-refractivity contribution in [2.45, 2.75) is 49.3 Å². The first kappa shape index (κ1) is 27.6. The molecule has 0 radical (unpaired) electrons. The van der Waals surface area contributed by atoms with Crippen LogP contribution in [0, 0.1) is 5.92 Å². The Morgan fingerprint density at radius 3 is 2.63 bits per heavy atom. The van der Waals surface area contributed by atoms with E-state index in [2.05, 4.69) is 20.9 Å². The van der Waals surface area contributed by atoms with Gasteiger partial charge in [-0.25, -0.2) is 24.8 Å². The number of carbonyl (C=O) groups excluding carboxylic acids is 1. The van der Waals surface area contributed by atoms with E-state index in [1.807, 2.05) is 0 Å². The normalized spacial score (nSPS) is 15.3. The molecule has 12 heteroatoms. The van der Waals surface area contributed by atoms with Crippen LogP contribution in [0.5, 0.6) is 10.8 Å². The molecule has 0 saturated heterocycles. The molecule has 0 bridgehead atoms. The number of hydrogen-bond donors (Lipinski definition) is 4. The van der Waals surface area contributed by atoms with Crippen LogP contribution in [0.4, 0.5) is 5.13 Å². The van der Waals surface area contributed by atoms with Crippen LogP contribution in [0.25, 0.3) is 0 Å². The van der Waals surface area contributed by atoms with Gasteiger partial charge in [0.2, 0.25) is 11.0 Å². The van der Waals surface area contributed by atoms with Gasteiger partial charge in [-0.1, -0.05) is 61.3 Å². The average molecular weight is 557 g/mol. The topological polar surface area (TPSA) is 162 Å². The number of ether oxygens (including phenoxy) is 1. The van der Waals surface area contributed by atoms with Gasteiger partial charge < -0.3 is 15.8 Å². The van der Waals surface area contributed by atoms with E-state index < -0.39 is 15.8 Å². The summed E-state index contributed by atoms with van der Waals surface area (Å²) in [6.45, 7) is 0. The molecule has 1 fully saturated rings. The molecule has 1 saturated carbocycles. The highest BCUT2D eigenvalue weighted by Gasteiger charge is 2.25. The predicted octanol–water partition coefficient (Wildman–Crippen LogP) is 4.12. The van der Waals surface area contributed by atoms with Crippen LogP contribution in [0.3, 0.4) is 0 Å². The number of aromatic nitrogens is 1. The number of sulfone groups is 1. The Morgan fingerprint density at radius 2 is 1.95 bits per heavy atom. The van der Waals surface area contributed by atoms with Gasteiger partial charge in [0.15, 0.2) is 20.8 Å². The third kappa shape index (κ3) is 7.30. The fraction of sp³-hybridized carbons (Fsp3) is 0.346. The molecule has 202 valence electrons. The van der Waals surface area contributed by atoms with E-state index in [-0.39, 0.29) is 16.6 Å². The summed E-state index contributed by atoms with van der Waals surface area (Å²) in [6.07, 6.45) is 9.19. The Balaban J connectivity index is 1.47. The van der Waals surface area contributed by atoms with Crippen molar-refractivity contribution in [3.05, 3.63) is 65.9 Å². The molecule has 1 heterocycles. The second-order valence-corrected chi connectivity index (χ2v) is 12.4. The smallest absolute Gasteiger partial charge is 0.233 e. The number of nitrogens with one attached hydrogen (secondary N) is 2. The van der Waals surface area contributed by atoms with Gasteiger partial charge in [0.25, 0.3) is 0 Å². The summed E-state index contributed by atoms with van der Waals surface area (Å²) in [7, 11) is -3.32. The molecule has 4 rings (SSSR count). The summed E-state index contributed by atoms with van der Waals surface area (Å²) in [6, 6.07) is 13.6. The summed E-state index contributed by atoms with van der Waals surface area (Å²) in [5, 5.41) is 7.58. The Hall–Kier alpha value is -3.48. The number of nitrogens with two attached hydrogens (primary N) is 2. The van der Waals surface area contributed by atoms with Gasteiger partial charge in [-0.3, -0.25) is 4.79 Å². The number of anilines is 1. The van der Waals surface area contributed by atoms with Crippen LogP contribution >= 0.6 is 11.3 Å². The van der Waals surface area contributed by atoms with Gasteiger partial charge >= 0.3 is 0 Å². The van der Waals surface area contributed by atoms with E-state index in [4.69, 9.17) is 16.3 Å². The number of nitrogens with zero attached hydrogens (tertiary/aromatic N) is 2. The number of hydrogen-bond acceptors (Lipinski definition) is 9. The number of thiazole rings is 1. The van der Waals surface area contributed by atoms with Crippen molar-refractivity contribution in [3.63, 3.8) is 0 Å². The van der Waals surface area contributed by atoms with Gasteiger partial charge in [-0.05, 0) is 48.6 Å². The lowest BCUT2D eigenvalue weighted by Crippen LogP contribution is -2.22. The first-order valence-electron chi connectivity index (χ1n) is 12.4. The van der Waals surface area contributed by atoms with Crippen LogP contribution in [-0.2, 0) is 14.6 Å². The number of carbonyl (C=O) groups is 1. The molecule has 3 aromatic rings. The molecule has 0 spiro atoms. The van der Waals surface area contributed by atoms with Crippen LogP contribution in [0.15, 0.2) is 64.7 Å². The van der Waals surface area contributed by atoms with Gasteiger partial charge in [0.1, 0.15) is 5.75 Å². The van der Waals surface area contributed by atoms with Crippen molar-refractivity contribution >= 4 is 38.0 Å². The summed E-state index contributed by atoms with van der Waals surface area (Å²) in [4.78, 5) is 17.9. The van der Waals surface area contributed by atoms with Crippen molar-refractivity contribution in [2.75, 3.05) is 11.6 Å². The molecule has 6 N–H and O–H groups in total. The summed E-state index contributed by atoms with van der Waals surface area (Å²) in [5.74, 6) is 5.94. The molecule has 1 atom stereocenters. The van der Waals surface area contributed by atoms with Crippen LogP contribution < -0.4 is 27.2 Å².